The summed E-state index contributed by atoms with van der Waals surface area (Å²) in [5, 5.41) is 7.99. The second kappa shape index (κ2) is 5.98. The summed E-state index contributed by atoms with van der Waals surface area (Å²) in [5.41, 5.74) is 0. The Hall–Kier alpha value is -1.67. The minimum absolute atomic E-state index is 0.0276. The molecular weight excluding hydrogens is 274 g/mol. The van der Waals surface area contributed by atoms with Crippen LogP contribution in [0.4, 0.5) is 5.95 Å². The summed E-state index contributed by atoms with van der Waals surface area (Å²) in [4.78, 5) is 16.5. The number of aryl methyl sites for hydroxylation is 1. The van der Waals surface area contributed by atoms with Crippen molar-refractivity contribution in [2.24, 2.45) is 7.05 Å². The van der Waals surface area contributed by atoms with E-state index in [0.717, 1.165) is 19.0 Å². The van der Waals surface area contributed by atoms with Gasteiger partial charge in [-0.15, -0.1) is 10.2 Å². The highest BCUT2D eigenvalue weighted by Gasteiger charge is 2.34. The molecule has 0 radical (unpaired) electrons. The lowest BCUT2D eigenvalue weighted by Gasteiger charge is -2.38. The van der Waals surface area contributed by atoms with Crippen LogP contribution in [-0.2, 0) is 21.3 Å². The monoisotopic (exact) mass is 295 g/mol. The maximum Gasteiger partial charge on any atom is 0.254 e. The Morgan fingerprint density at radius 3 is 2.57 bits per heavy atom. The van der Waals surface area contributed by atoms with Crippen molar-refractivity contribution >= 4 is 11.9 Å². The maximum atomic E-state index is 12.5. The number of hydrogen-bond acceptors (Lipinski definition) is 6. The third kappa shape index (κ3) is 2.86. The van der Waals surface area contributed by atoms with Gasteiger partial charge in [-0.3, -0.25) is 4.79 Å². The van der Waals surface area contributed by atoms with Crippen molar-refractivity contribution in [1.82, 2.24) is 19.7 Å². The first-order chi connectivity index (χ1) is 10.2. The highest BCUT2D eigenvalue weighted by atomic mass is 16.6. The van der Waals surface area contributed by atoms with Crippen LogP contribution in [0.5, 0.6) is 0 Å². The number of aromatic nitrogens is 3. The number of ether oxygens (including phenoxy) is 2. The largest absolute Gasteiger partial charge is 0.373 e. The Balaban J connectivity index is 1.58. The topological polar surface area (TPSA) is 72.7 Å². The highest BCUT2D eigenvalue weighted by Crippen LogP contribution is 2.16. The average Bonchev–Trinajstić information content (AvgIpc) is 2.93. The molecular formula is C13H21N5O3. The fourth-order valence-corrected chi connectivity index (χ4v) is 2.77. The molecule has 2 saturated heterocycles. The fourth-order valence-electron chi connectivity index (χ4n) is 2.77. The van der Waals surface area contributed by atoms with E-state index in [1.54, 1.807) is 6.33 Å². The van der Waals surface area contributed by atoms with Gasteiger partial charge in [-0.1, -0.05) is 0 Å². The molecule has 8 nitrogen and oxygen atoms in total. The normalized spacial score (nSPS) is 27.0. The van der Waals surface area contributed by atoms with Gasteiger partial charge in [-0.25, -0.2) is 0 Å². The van der Waals surface area contributed by atoms with Crippen LogP contribution < -0.4 is 4.90 Å². The maximum absolute atomic E-state index is 12.5. The molecule has 1 aromatic heterocycles. The number of amides is 1. The van der Waals surface area contributed by atoms with E-state index in [4.69, 9.17) is 9.47 Å². The summed E-state index contributed by atoms with van der Waals surface area (Å²) in [7, 11) is 1.92. The van der Waals surface area contributed by atoms with Crippen molar-refractivity contribution in [2.75, 3.05) is 44.3 Å². The van der Waals surface area contributed by atoms with E-state index in [2.05, 4.69) is 15.1 Å². The van der Waals surface area contributed by atoms with E-state index in [1.165, 1.54) is 0 Å². The zero-order valence-corrected chi connectivity index (χ0v) is 12.4. The second-order valence-electron chi connectivity index (χ2n) is 5.42. The van der Waals surface area contributed by atoms with Gasteiger partial charge >= 0.3 is 0 Å². The van der Waals surface area contributed by atoms with Crippen molar-refractivity contribution in [3.63, 3.8) is 0 Å². The number of piperazine rings is 1. The third-order valence-corrected chi connectivity index (χ3v) is 3.99. The molecule has 1 aromatic rings. The Kier molecular flexibility index (Phi) is 4.07. The SMILES string of the molecule is C[C@@H]1OCCO[C@@H]1C(=O)N1CCN(c2nncn2C)CC1. The molecule has 8 heteroatoms. The molecule has 2 aliphatic rings. The van der Waals surface area contributed by atoms with E-state index in [0.29, 0.717) is 26.3 Å². The Labute approximate surface area is 123 Å². The molecule has 0 aliphatic carbocycles. The van der Waals surface area contributed by atoms with Crippen LogP contribution in [-0.4, -0.2) is 77.2 Å². The van der Waals surface area contributed by atoms with E-state index in [1.807, 2.05) is 23.4 Å². The summed E-state index contributed by atoms with van der Waals surface area (Å²) in [6.07, 6.45) is 1.03. The number of hydrogen-bond donors (Lipinski definition) is 0. The second-order valence-corrected chi connectivity index (χ2v) is 5.42. The first-order valence-corrected chi connectivity index (χ1v) is 7.28. The van der Waals surface area contributed by atoms with Gasteiger partial charge in [0.1, 0.15) is 6.33 Å². The Morgan fingerprint density at radius 2 is 1.95 bits per heavy atom. The lowest BCUT2D eigenvalue weighted by Crippen LogP contribution is -2.55. The average molecular weight is 295 g/mol. The summed E-state index contributed by atoms with van der Waals surface area (Å²) >= 11 is 0. The molecule has 116 valence electrons. The summed E-state index contributed by atoms with van der Waals surface area (Å²) < 4.78 is 12.9. The van der Waals surface area contributed by atoms with E-state index < -0.39 is 6.10 Å². The lowest BCUT2D eigenvalue weighted by molar-refractivity contribution is -0.171. The standard InChI is InChI=1S/C13H21N5O3/c1-10-11(21-8-7-20-10)12(19)17-3-5-18(6-4-17)13-15-14-9-16(13)2/h9-11H,3-8H2,1-2H3/t10-,11-/m0/s1. The van der Waals surface area contributed by atoms with Crippen molar-refractivity contribution in [3.05, 3.63) is 6.33 Å². The van der Waals surface area contributed by atoms with E-state index in [9.17, 15) is 4.79 Å². The molecule has 3 heterocycles. The van der Waals surface area contributed by atoms with Crippen LogP contribution in [0.1, 0.15) is 6.92 Å². The Bertz CT molecular complexity index is 498. The Morgan fingerprint density at radius 1 is 1.24 bits per heavy atom. The smallest absolute Gasteiger partial charge is 0.254 e. The predicted octanol–water partition coefficient (Wildman–Crippen LogP) is -0.732. The zero-order valence-electron chi connectivity index (χ0n) is 12.4. The molecule has 3 rings (SSSR count). The fraction of sp³-hybridized carbons (Fsp3) is 0.769. The molecule has 21 heavy (non-hydrogen) atoms. The van der Waals surface area contributed by atoms with Gasteiger partial charge in [0.2, 0.25) is 5.95 Å². The van der Waals surface area contributed by atoms with Crippen molar-refractivity contribution in [2.45, 2.75) is 19.1 Å². The van der Waals surface area contributed by atoms with Crippen LogP contribution in [0.15, 0.2) is 6.33 Å². The van der Waals surface area contributed by atoms with Gasteiger partial charge in [0.15, 0.2) is 6.10 Å². The molecule has 0 bridgehead atoms. The number of carbonyl (C=O) groups excluding carboxylic acids is 1. The van der Waals surface area contributed by atoms with Crippen LogP contribution in [0.3, 0.4) is 0 Å². The van der Waals surface area contributed by atoms with Crippen LogP contribution in [0.2, 0.25) is 0 Å². The number of rotatable bonds is 2. The first kappa shape index (κ1) is 14.3. The number of nitrogens with zero attached hydrogens (tertiary/aromatic N) is 5. The highest BCUT2D eigenvalue weighted by molar-refractivity contribution is 5.82. The zero-order chi connectivity index (χ0) is 14.8. The first-order valence-electron chi connectivity index (χ1n) is 7.28. The molecule has 0 saturated carbocycles. The minimum Gasteiger partial charge on any atom is -0.373 e. The molecule has 0 unspecified atom stereocenters. The van der Waals surface area contributed by atoms with Crippen molar-refractivity contribution in [1.29, 1.82) is 0 Å². The van der Waals surface area contributed by atoms with Gasteiger partial charge in [-0.2, -0.15) is 0 Å². The van der Waals surface area contributed by atoms with Crippen LogP contribution in [0, 0.1) is 0 Å². The van der Waals surface area contributed by atoms with Crippen molar-refractivity contribution < 1.29 is 14.3 Å². The molecule has 0 aromatic carbocycles. The van der Waals surface area contributed by atoms with E-state index in [-0.39, 0.29) is 12.0 Å². The van der Waals surface area contributed by atoms with Crippen LogP contribution in [0.25, 0.3) is 0 Å². The minimum atomic E-state index is -0.472. The number of anilines is 1. The van der Waals surface area contributed by atoms with Crippen molar-refractivity contribution in [3.8, 4) is 0 Å². The van der Waals surface area contributed by atoms with Gasteiger partial charge in [0.25, 0.3) is 5.91 Å². The van der Waals surface area contributed by atoms with Gasteiger partial charge < -0.3 is 23.8 Å². The lowest BCUT2D eigenvalue weighted by atomic mass is 10.1. The quantitative estimate of drug-likeness (QED) is 0.716. The molecule has 2 aliphatic heterocycles. The number of carbonyl (C=O) groups is 1. The van der Waals surface area contributed by atoms with E-state index >= 15 is 0 Å². The third-order valence-electron chi connectivity index (χ3n) is 3.99. The van der Waals surface area contributed by atoms with Gasteiger partial charge in [-0.05, 0) is 6.92 Å². The summed E-state index contributed by atoms with van der Waals surface area (Å²) in [5.74, 6) is 0.868. The molecule has 0 spiro atoms. The van der Waals surface area contributed by atoms with Gasteiger partial charge in [0.05, 0.1) is 19.3 Å². The van der Waals surface area contributed by atoms with Crippen LogP contribution >= 0.6 is 0 Å². The molecule has 0 N–H and O–H groups in total. The molecule has 2 atom stereocenters. The summed E-state index contributed by atoms with van der Waals surface area (Å²) in [6, 6.07) is 0. The predicted molar refractivity (Wildman–Crippen MR) is 75.0 cm³/mol. The molecule has 2 fully saturated rings. The van der Waals surface area contributed by atoms with Gasteiger partial charge in [0, 0.05) is 33.2 Å². The summed E-state index contributed by atoms with van der Waals surface area (Å²) in [6.45, 7) is 5.76. The molecule has 1 amide bonds.